The first-order valence-electron chi connectivity index (χ1n) is 7.21. The summed E-state index contributed by atoms with van der Waals surface area (Å²) in [5, 5.41) is 0. The average Bonchev–Trinajstić information content (AvgIpc) is 2.50. The van der Waals surface area contributed by atoms with Gasteiger partial charge in [0.2, 0.25) is 10.0 Å². The van der Waals surface area contributed by atoms with Crippen LogP contribution in [0.15, 0.2) is 36.4 Å². The highest BCUT2D eigenvalue weighted by atomic mass is 32.2. The quantitative estimate of drug-likeness (QED) is 0.613. The molecular formula is C17H13F4NO3S. The lowest BCUT2D eigenvalue weighted by Gasteiger charge is -2.05. The van der Waals surface area contributed by atoms with Crippen LogP contribution in [-0.4, -0.2) is 21.6 Å². The molecule has 0 spiro atoms. The van der Waals surface area contributed by atoms with E-state index in [2.05, 4.69) is 16.6 Å². The minimum atomic E-state index is -3.85. The van der Waals surface area contributed by atoms with Gasteiger partial charge in [-0.05, 0) is 29.8 Å². The molecule has 0 aliphatic rings. The molecule has 0 fully saturated rings. The minimum absolute atomic E-state index is 0.0434. The Kier molecular flexibility index (Phi) is 6.60. The van der Waals surface area contributed by atoms with E-state index in [0.717, 1.165) is 24.3 Å². The average molecular weight is 387 g/mol. The van der Waals surface area contributed by atoms with Crippen LogP contribution >= 0.6 is 0 Å². The number of benzene rings is 2. The van der Waals surface area contributed by atoms with E-state index in [1.807, 2.05) is 0 Å². The second-order valence-corrected chi connectivity index (χ2v) is 6.88. The number of hydrogen-bond donors (Lipinski definition) is 1. The maximum atomic E-state index is 13.3. The Morgan fingerprint density at radius 1 is 0.923 bits per heavy atom. The second-order valence-electron chi connectivity index (χ2n) is 5.07. The molecule has 0 saturated carbocycles. The van der Waals surface area contributed by atoms with E-state index in [4.69, 9.17) is 4.74 Å². The van der Waals surface area contributed by atoms with Gasteiger partial charge in [-0.1, -0.05) is 11.8 Å². The molecular weight excluding hydrogens is 374 g/mol. The van der Waals surface area contributed by atoms with Crippen LogP contribution in [0.3, 0.4) is 0 Å². The number of ether oxygens (including phenoxy) is 1. The Morgan fingerprint density at radius 2 is 1.62 bits per heavy atom. The highest BCUT2D eigenvalue weighted by Crippen LogP contribution is 2.17. The molecule has 0 saturated heterocycles. The first kappa shape index (κ1) is 19.8. The molecule has 0 atom stereocenters. The molecule has 0 aliphatic carbocycles. The van der Waals surface area contributed by atoms with Gasteiger partial charge < -0.3 is 4.74 Å². The smallest absolute Gasteiger partial charge is 0.216 e. The topological polar surface area (TPSA) is 55.4 Å². The van der Waals surface area contributed by atoms with Gasteiger partial charge >= 0.3 is 0 Å². The van der Waals surface area contributed by atoms with Crippen molar-refractivity contribution in [2.45, 2.75) is 5.75 Å². The third kappa shape index (κ3) is 6.38. The first-order chi connectivity index (χ1) is 12.2. The fourth-order valence-electron chi connectivity index (χ4n) is 1.93. The van der Waals surface area contributed by atoms with Crippen molar-refractivity contribution in [3.63, 3.8) is 0 Å². The molecule has 0 amide bonds. The van der Waals surface area contributed by atoms with Crippen LogP contribution < -0.4 is 9.46 Å². The predicted molar refractivity (Wildman–Crippen MR) is 86.6 cm³/mol. The van der Waals surface area contributed by atoms with E-state index in [9.17, 15) is 26.0 Å². The van der Waals surface area contributed by atoms with Gasteiger partial charge in [-0.25, -0.2) is 30.7 Å². The van der Waals surface area contributed by atoms with Gasteiger partial charge in [0, 0.05) is 12.1 Å². The van der Waals surface area contributed by atoms with Crippen molar-refractivity contribution in [3.8, 4) is 17.6 Å². The van der Waals surface area contributed by atoms with Gasteiger partial charge in [0.1, 0.15) is 24.1 Å². The summed E-state index contributed by atoms with van der Waals surface area (Å²) in [5.41, 5.74) is -0.0434. The molecule has 0 heterocycles. The van der Waals surface area contributed by atoms with Crippen molar-refractivity contribution in [1.29, 1.82) is 0 Å². The zero-order chi connectivity index (χ0) is 19.2. The lowest BCUT2D eigenvalue weighted by molar-refractivity contribution is 0.346. The Hall–Kier alpha value is -2.57. The van der Waals surface area contributed by atoms with Crippen LogP contribution in [0.5, 0.6) is 5.75 Å². The van der Waals surface area contributed by atoms with Gasteiger partial charge in [0.25, 0.3) is 0 Å². The van der Waals surface area contributed by atoms with Crippen molar-refractivity contribution < 1.29 is 30.7 Å². The number of sulfonamides is 1. The summed E-state index contributed by atoms with van der Waals surface area (Å²) >= 11 is 0. The fourth-order valence-corrected chi connectivity index (χ4v) is 2.93. The maximum Gasteiger partial charge on any atom is 0.216 e. The first-order valence-corrected chi connectivity index (χ1v) is 8.86. The predicted octanol–water partition coefficient (Wildman–Crippen LogP) is 2.74. The van der Waals surface area contributed by atoms with Crippen LogP contribution in [0.1, 0.15) is 5.56 Å². The van der Waals surface area contributed by atoms with Gasteiger partial charge in [-0.2, -0.15) is 0 Å². The monoisotopic (exact) mass is 387 g/mol. The second kappa shape index (κ2) is 8.69. The largest absolute Gasteiger partial charge is 0.478 e. The van der Waals surface area contributed by atoms with Gasteiger partial charge in [0.05, 0.1) is 12.3 Å². The number of halogens is 4. The standard InChI is InChI=1S/C17H13F4NO3S/c18-13-3-4-17(16(21)10-13)25-6-2-1-5-22-26(23,24)11-12-7-14(19)9-15(20)8-12/h3-4,7-10,22H,5-6,11H2. The van der Waals surface area contributed by atoms with Crippen LogP contribution in [-0.2, 0) is 15.8 Å². The highest BCUT2D eigenvalue weighted by molar-refractivity contribution is 7.88. The van der Waals surface area contributed by atoms with E-state index in [0.29, 0.717) is 12.1 Å². The summed E-state index contributed by atoms with van der Waals surface area (Å²) in [7, 11) is -3.85. The molecule has 2 rings (SSSR count). The van der Waals surface area contributed by atoms with E-state index >= 15 is 0 Å². The highest BCUT2D eigenvalue weighted by Gasteiger charge is 2.12. The van der Waals surface area contributed by atoms with Gasteiger partial charge in [-0.15, -0.1) is 0 Å². The molecule has 26 heavy (non-hydrogen) atoms. The van der Waals surface area contributed by atoms with Crippen LogP contribution in [0.4, 0.5) is 17.6 Å². The van der Waals surface area contributed by atoms with Gasteiger partial charge in [-0.3, -0.25) is 0 Å². The van der Waals surface area contributed by atoms with E-state index in [1.165, 1.54) is 0 Å². The summed E-state index contributed by atoms with van der Waals surface area (Å²) in [4.78, 5) is 0. The van der Waals surface area contributed by atoms with Crippen molar-refractivity contribution >= 4 is 10.0 Å². The van der Waals surface area contributed by atoms with E-state index in [1.54, 1.807) is 0 Å². The van der Waals surface area contributed by atoms with Crippen molar-refractivity contribution in [3.05, 3.63) is 65.2 Å². The molecule has 0 aromatic heterocycles. The minimum Gasteiger partial charge on any atom is -0.478 e. The van der Waals surface area contributed by atoms with Crippen LogP contribution in [0.2, 0.25) is 0 Å². The third-order valence-electron chi connectivity index (χ3n) is 2.98. The number of rotatable bonds is 6. The SMILES string of the molecule is O=S(=O)(Cc1cc(F)cc(F)c1)NCC#CCOc1ccc(F)cc1F. The molecule has 138 valence electrons. The van der Waals surface area contributed by atoms with Crippen molar-refractivity contribution in [2.24, 2.45) is 0 Å². The summed E-state index contributed by atoms with van der Waals surface area (Å²) in [6.45, 7) is -0.505. The number of hydrogen-bond acceptors (Lipinski definition) is 3. The molecule has 0 aliphatic heterocycles. The molecule has 4 nitrogen and oxygen atoms in total. The van der Waals surface area contributed by atoms with Crippen LogP contribution in [0.25, 0.3) is 0 Å². The maximum absolute atomic E-state index is 13.3. The lowest BCUT2D eigenvalue weighted by Crippen LogP contribution is -2.25. The molecule has 0 bridgehead atoms. The van der Waals surface area contributed by atoms with Crippen molar-refractivity contribution in [2.75, 3.05) is 13.2 Å². The fraction of sp³-hybridized carbons (Fsp3) is 0.176. The molecule has 9 heteroatoms. The van der Waals surface area contributed by atoms with Crippen LogP contribution in [0, 0.1) is 35.1 Å². The molecule has 0 unspecified atom stereocenters. The Balaban J connectivity index is 1.82. The molecule has 2 aromatic rings. The Bertz CT molecular complexity index is 932. The Labute approximate surface area is 147 Å². The van der Waals surface area contributed by atoms with Crippen molar-refractivity contribution in [1.82, 2.24) is 4.72 Å². The normalized spacial score (nSPS) is 10.9. The zero-order valence-electron chi connectivity index (χ0n) is 13.2. The Morgan fingerprint density at radius 3 is 2.27 bits per heavy atom. The lowest BCUT2D eigenvalue weighted by atomic mass is 10.2. The summed E-state index contributed by atoms with van der Waals surface area (Å²) < 4.78 is 82.8. The summed E-state index contributed by atoms with van der Waals surface area (Å²) in [5.74, 6) is 0.724. The zero-order valence-corrected chi connectivity index (χ0v) is 14.0. The van der Waals surface area contributed by atoms with E-state index in [-0.39, 0.29) is 24.5 Å². The molecule has 0 radical (unpaired) electrons. The number of nitrogens with one attached hydrogen (secondary N) is 1. The molecule has 1 N–H and O–H groups in total. The molecule has 2 aromatic carbocycles. The summed E-state index contributed by atoms with van der Waals surface area (Å²) in [6.07, 6.45) is 0. The van der Waals surface area contributed by atoms with Gasteiger partial charge in [0.15, 0.2) is 11.6 Å². The van der Waals surface area contributed by atoms with E-state index < -0.39 is 39.0 Å². The third-order valence-corrected chi connectivity index (χ3v) is 4.28. The summed E-state index contributed by atoms with van der Waals surface area (Å²) in [6, 6.07) is 5.26.